The van der Waals surface area contributed by atoms with Crippen LogP contribution in [0, 0.1) is 0 Å². The van der Waals surface area contributed by atoms with Gasteiger partial charge in [-0.15, -0.1) is 0 Å². The van der Waals surface area contributed by atoms with E-state index in [1.807, 2.05) is 19.3 Å². The summed E-state index contributed by atoms with van der Waals surface area (Å²) in [6, 6.07) is 0.168. The van der Waals surface area contributed by atoms with Crippen LogP contribution in [0.3, 0.4) is 0 Å². The van der Waals surface area contributed by atoms with Crippen LogP contribution < -0.4 is 5.32 Å². The number of hydrogen-bond donors (Lipinski definition) is 1. The molecule has 1 heterocycles. The van der Waals surface area contributed by atoms with Gasteiger partial charge in [0, 0.05) is 25.5 Å². The van der Waals surface area contributed by atoms with Gasteiger partial charge >= 0.3 is 0 Å². The minimum atomic E-state index is 0.137. The lowest BCUT2D eigenvalue weighted by molar-refractivity contribution is 0.0444. The Hall–Kier alpha value is -0.870. The maximum absolute atomic E-state index is 5.70. The molecule has 1 rings (SSSR count). The Morgan fingerprint density at radius 3 is 2.76 bits per heavy atom. The van der Waals surface area contributed by atoms with Crippen molar-refractivity contribution in [2.24, 2.45) is 0 Å². The first-order valence-electron chi connectivity index (χ1n) is 6.60. The number of nitrogens with zero attached hydrogens (tertiary/aromatic N) is 2. The van der Waals surface area contributed by atoms with E-state index in [4.69, 9.17) is 4.74 Å². The van der Waals surface area contributed by atoms with Gasteiger partial charge in [-0.25, -0.2) is 4.98 Å². The van der Waals surface area contributed by atoms with Crippen LogP contribution in [0.1, 0.15) is 46.0 Å². The molecule has 0 bridgehead atoms. The lowest BCUT2D eigenvalue weighted by atomic mass is 10.1. The fourth-order valence-corrected chi connectivity index (χ4v) is 2.08. The number of ether oxygens (including phenoxy) is 1. The number of hydrogen-bond acceptors (Lipinski definition) is 3. The molecule has 2 unspecified atom stereocenters. The number of aryl methyl sites for hydroxylation is 1. The van der Waals surface area contributed by atoms with Crippen molar-refractivity contribution in [2.75, 3.05) is 13.2 Å². The molecule has 0 amide bonds. The predicted molar refractivity (Wildman–Crippen MR) is 70.0 cm³/mol. The van der Waals surface area contributed by atoms with Gasteiger partial charge in [0.25, 0.3) is 0 Å². The summed E-state index contributed by atoms with van der Waals surface area (Å²) in [5, 5.41) is 3.46. The molecule has 0 saturated heterocycles. The number of rotatable bonds is 8. The zero-order chi connectivity index (χ0) is 12.7. The van der Waals surface area contributed by atoms with Gasteiger partial charge in [-0.1, -0.05) is 13.8 Å². The van der Waals surface area contributed by atoms with Crippen molar-refractivity contribution in [3.05, 3.63) is 18.2 Å². The SMILES string of the molecule is CCCn1ccnc1C(NCC)C(C)OCC. The van der Waals surface area contributed by atoms with E-state index >= 15 is 0 Å². The summed E-state index contributed by atoms with van der Waals surface area (Å²) in [4.78, 5) is 4.48. The summed E-state index contributed by atoms with van der Waals surface area (Å²) in [5.74, 6) is 1.08. The van der Waals surface area contributed by atoms with E-state index in [9.17, 15) is 0 Å². The van der Waals surface area contributed by atoms with Crippen molar-refractivity contribution < 1.29 is 4.74 Å². The van der Waals surface area contributed by atoms with Gasteiger partial charge in [-0.2, -0.15) is 0 Å². The molecule has 0 saturated carbocycles. The highest BCUT2D eigenvalue weighted by Gasteiger charge is 2.22. The predicted octanol–water partition coefficient (Wildman–Crippen LogP) is 2.37. The highest BCUT2D eigenvalue weighted by Crippen LogP contribution is 2.18. The molecule has 17 heavy (non-hydrogen) atoms. The quantitative estimate of drug-likeness (QED) is 0.757. The van der Waals surface area contributed by atoms with Crippen LogP contribution in [0.5, 0.6) is 0 Å². The normalized spacial score (nSPS) is 14.8. The average molecular weight is 239 g/mol. The highest BCUT2D eigenvalue weighted by molar-refractivity contribution is 5.02. The van der Waals surface area contributed by atoms with Crippen LogP contribution in [0.2, 0.25) is 0 Å². The molecule has 0 aliphatic heterocycles. The lowest BCUT2D eigenvalue weighted by Crippen LogP contribution is -2.34. The fraction of sp³-hybridized carbons (Fsp3) is 0.769. The smallest absolute Gasteiger partial charge is 0.128 e. The van der Waals surface area contributed by atoms with Crippen LogP contribution in [0.15, 0.2) is 12.4 Å². The van der Waals surface area contributed by atoms with E-state index in [2.05, 4.69) is 35.6 Å². The minimum Gasteiger partial charge on any atom is -0.377 e. The second kappa shape index (κ2) is 7.45. The largest absolute Gasteiger partial charge is 0.377 e. The van der Waals surface area contributed by atoms with Gasteiger partial charge in [0.2, 0.25) is 0 Å². The molecule has 1 aromatic rings. The van der Waals surface area contributed by atoms with E-state index in [1.165, 1.54) is 0 Å². The van der Waals surface area contributed by atoms with Crippen LogP contribution in [-0.4, -0.2) is 28.8 Å². The Morgan fingerprint density at radius 1 is 1.41 bits per heavy atom. The number of nitrogens with one attached hydrogen (secondary N) is 1. The summed E-state index contributed by atoms with van der Waals surface area (Å²) in [7, 11) is 0. The molecule has 2 atom stereocenters. The summed E-state index contributed by atoms with van der Waals surface area (Å²) in [5.41, 5.74) is 0. The van der Waals surface area contributed by atoms with Crippen LogP contribution >= 0.6 is 0 Å². The third kappa shape index (κ3) is 3.82. The van der Waals surface area contributed by atoms with Crippen molar-refractivity contribution in [1.29, 1.82) is 0 Å². The van der Waals surface area contributed by atoms with Crippen LogP contribution in [0.4, 0.5) is 0 Å². The Labute approximate surface area is 104 Å². The molecule has 1 aromatic heterocycles. The molecule has 0 fully saturated rings. The molecular weight excluding hydrogens is 214 g/mol. The van der Waals surface area contributed by atoms with Crippen LogP contribution in [0.25, 0.3) is 0 Å². The third-order valence-electron chi connectivity index (χ3n) is 2.81. The van der Waals surface area contributed by atoms with Gasteiger partial charge < -0.3 is 14.6 Å². The Kier molecular flexibility index (Phi) is 6.22. The Balaban J connectivity index is 2.84. The topological polar surface area (TPSA) is 39.1 Å². The van der Waals surface area contributed by atoms with Crippen LogP contribution in [-0.2, 0) is 11.3 Å². The number of aromatic nitrogens is 2. The molecule has 0 radical (unpaired) electrons. The lowest BCUT2D eigenvalue weighted by Gasteiger charge is -2.25. The second-order valence-electron chi connectivity index (χ2n) is 4.17. The van der Waals surface area contributed by atoms with Gasteiger partial charge in [0.15, 0.2) is 0 Å². The molecule has 98 valence electrons. The van der Waals surface area contributed by atoms with Gasteiger partial charge in [-0.3, -0.25) is 0 Å². The molecule has 0 aliphatic carbocycles. The molecule has 0 aliphatic rings. The standard InChI is InChI=1S/C13H25N3O/c1-5-9-16-10-8-15-13(16)12(14-6-2)11(4)17-7-3/h8,10-12,14H,5-7,9H2,1-4H3. The first-order valence-corrected chi connectivity index (χ1v) is 6.60. The fourth-order valence-electron chi connectivity index (χ4n) is 2.08. The van der Waals surface area contributed by atoms with E-state index < -0.39 is 0 Å². The molecule has 4 nitrogen and oxygen atoms in total. The average Bonchev–Trinajstić information content (AvgIpc) is 2.75. The molecule has 0 aromatic carbocycles. The monoisotopic (exact) mass is 239 g/mol. The Bertz CT molecular complexity index is 311. The summed E-state index contributed by atoms with van der Waals surface area (Å²) in [6.07, 6.45) is 5.17. The molecule has 4 heteroatoms. The summed E-state index contributed by atoms with van der Waals surface area (Å²) < 4.78 is 7.91. The highest BCUT2D eigenvalue weighted by atomic mass is 16.5. The van der Waals surface area contributed by atoms with Gasteiger partial charge in [-0.05, 0) is 26.8 Å². The van der Waals surface area contributed by atoms with E-state index in [0.717, 1.165) is 31.9 Å². The van der Waals surface area contributed by atoms with Crippen molar-refractivity contribution in [3.63, 3.8) is 0 Å². The first kappa shape index (κ1) is 14.2. The van der Waals surface area contributed by atoms with E-state index in [-0.39, 0.29) is 12.1 Å². The molecule has 1 N–H and O–H groups in total. The van der Waals surface area contributed by atoms with Crippen molar-refractivity contribution in [3.8, 4) is 0 Å². The van der Waals surface area contributed by atoms with Gasteiger partial charge in [0.1, 0.15) is 5.82 Å². The summed E-state index contributed by atoms with van der Waals surface area (Å²) in [6.45, 7) is 11.1. The number of likely N-dealkylation sites (N-methyl/N-ethyl adjacent to an activating group) is 1. The van der Waals surface area contributed by atoms with Crippen molar-refractivity contribution >= 4 is 0 Å². The summed E-state index contributed by atoms with van der Waals surface area (Å²) >= 11 is 0. The third-order valence-corrected chi connectivity index (χ3v) is 2.81. The number of imidazole rings is 1. The van der Waals surface area contributed by atoms with Gasteiger partial charge in [0.05, 0.1) is 12.1 Å². The Morgan fingerprint density at radius 2 is 2.18 bits per heavy atom. The zero-order valence-corrected chi connectivity index (χ0v) is 11.4. The van der Waals surface area contributed by atoms with E-state index in [1.54, 1.807) is 0 Å². The molecule has 0 spiro atoms. The maximum atomic E-state index is 5.70. The molecular formula is C13H25N3O. The first-order chi connectivity index (χ1) is 8.24. The maximum Gasteiger partial charge on any atom is 0.128 e. The van der Waals surface area contributed by atoms with Crippen molar-refractivity contribution in [2.45, 2.75) is 52.8 Å². The van der Waals surface area contributed by atoms with E-state index in [0.29, 0.717) is 0 Å². The second-order valence-corrected chi connectivity index (χ2v) is 4.17. The van der Waals surface area contributed by atoms with Crippen molar-refractivity contribution in [1.82, 2.24) is 14.9 Å². The minimum absolute atomic E-state index is 0.137. The zero-order valence-electron chi connectivity index (χ0n) is 11.4.